The van der Waals surface area contributed by atoms with Crippen molar-refractivity contribution in [2.45, 2.75) is 39.5 Å². The molecule has 2 rings (SSSR count). The molecule has 16 heavy (non-hydrogen) atoms. The number of rotatable bonds is 3. The standard InChI is InChI=1S/C16H20/c1-4-13(5-2)15-11-10-12(3)14-8-6-7-9-16(14)15/h6-11,13H,4-5H2,1-3H3. The van der Waals surface area contributed by atoms with Gasteiger partial charge in [0.05, 0.1) is 0 Å². The Morgan fingerprint density at radius 2 is 1.50 bits per heavy atom. The van der Waals surface area contributed by atoms with Gasteiger partial charge in [0.25, 0.3) is 0 Å². The van der Waals surface area contributed by atoms with Gasteiger partial charge in [-0.15, -0.1) is 0 Å². The molecule has 0 saturated heterocycles. The van der Waals surface area contributed by atoms with Crippen LogP contribution in [0.25, 0.3) is 10.8 Å². The van der Waals surface area contributed by atoms with Crippen molar-refractivity contribution in [1.29, 1.82) is 0 Å². The molecule has 0 radical (unpaired) electrons. The predicted octanol–water partition coefficient (Wildman–Crippen LogP) is 5.05. The van der Waals surface area contributed by atoms with Gasteiger partial charge in [-0.2, -0.15) is 0 Å². The SMILES string of the molecule is CCC(CC)c1ccc(C)c2ccccc12. The van der Waals surface area contributed by atoms with Crippen molar-refractivity contribution in [2.75, 3.05) is 0 Å². The van der Waals surface area contributed by atoms with Gasteiger partial charge in [0.15, 0.2) is 0 Å². The van der Waals surface area contributed by atoms with Gasteiger partial charge in [0, 0.05) is 0 Å². The number of benzene rings is 2. The molecule has 0 aliphatic heterocycles. The Balaban J connectivity index is 2.66. The lowest BCUT2D eigenvalue weighted by Crippen LogP contribution is -1.97. The molecule has 0 heterocycles. The van der Waals surface area contributed by atoms with Gasteiger partial charge in [0.2, 0.25) is 0 Å². The molecule has 0 N–H and O–H groups in total. The normalized spacial score (nSPS) is 11.2. The first-order chi connectivity index (χ1) is 7.77. The second-order valence-corrected chi connectivity index (χ2v) is 4.53. The topological polar surface area (TPSA) is 0 Å². The lowest BCUT2D eigenvalue weighted by atomic mass is 9.88. The van der Waals surface area contributed by atoms with Crippen LogP contribution in [0.5, 0.6) is 0 Å². The zero-order valence-corrected chi connectivity index (χ0v) is 10.5. The molecular formula is C16H20. The van der Waals surface area contributed by atoms with E-state index < -0.39 is 0 Å². The van der Waals surface area contributed by atoms with E-state index >= 15 is 0 Å². The van der Waals surface area contributed by atoms with E-state index in [-0.39, 0.29) is 0 Å². The molecule has 84 valence electrons. The number of fused-ring (bicyclic) bond motifs is 1. The third-order valence-electron chi connectivity index (χ3n) is 3.60. The third kappa shape index (κ3) is 1.84. The molecule has 0 unspecified atom stereocenters. The summed E-state index contributed by atoms with van der Waals surface area (Å²) >= 11 is 0. The highest BCUT2D eigenvalue weighted by atomic mass is 14.1. The molecule has 0 saturated carbocycles. The van der Waals surface area contributed by atoms with Gasteiger partial charge >= 0.3 is 0 Å². The van der Waals surface area contributed by atoms with Gasteiger partial charge in [-0.05, 0) is 47.6 Å². The minimum atomic E-state index is 0.700. The zero-order chi connectivity index (χ0) is 11.5. The van der Waals surface area contributed by atoms with E-state index in [2.05, 4.69) is 57.2 Å². The van der Waals surface area contributed by atoms with Crippen molar-refractivity contribution in [3.05, 3.63) is 47.5 Å². The fourth-order valence-corrected chi connectivity index (χ4v) is 2.56. The van der Waals surface area contributed by atoms with Crippen LogP contribution < -0.4 is 0 Å². The Hall–Kier alpha value is -1.30. The lowest BCUT2D eigenvalue weighted by molar-refractivity contribution is 0.646. The molecule has 2 aromatic carbocycles. The van der Waals surface area contributed by atoms with Crippen LogP contribution in [-0.2, 0) is 0 Å². The number of aryl methyl sites for hydroxylation is 1. The minimum absolute atomic E-state index is 0.700. The van der Waals surface area contributed by atoms with Gasteiger partial charge in [-0.3, -0.25) is 0 Å². The van der Waals surface area contributed by atoms with E-state index in [4.69, 9.17) is 0 Å². The highest BCUT2D eigenvalue weighted by Crippen LogP contribution is 2.31. The van der Waals surface area contributed by atoms with E-state index in [0.29, 0.717) is 5.92 Å². The average molecular weight is 212 g/mol. The molecule has 0 bridgehead atoms. The van der Waals surface area contributed by atoms with Crippen LogP contribution in [0, 0.1) is 6.92 Å². The Morgan fingerprint density at radius 3 is 2.12 bits per heavy atom. The third-order valence-corrected chi connectivity index (χ3v) is 3.60. The summed E-state index contributed by atoms with van der Waals surface area (Å²) in [5.41, 5.74) is 2.90. The van der Waals surface area contributed by atoms with Crippen molar-refractivity contribution in [1.82, 2.24) is 0 Å². The van der Waals surface area contributed by atoms with Crippen LogP contribution in [0.3, 0.4) is 0 Å². The molecule has 0 aromatic heterocycles. The van der Waals surface area contributed by atoms with E-state index in [0.717, 1.165) is 0 Å². The highest BCUT2D eigenvalue weighted by Gasteiger charge is 2.10. The molecule has 0 nitrogen and oxygen atoms in total. The summed E-state index contributed by atoms with van der Waals surface area (Å²) in [4.78, 5) is 0. The van der Waals surface area contributed by atoms with Crippen molar-refractivity contribution in [3.8, 4) is 0 Å². The molecule has 0 aliphatic rings. The van der Waals surface area contributed by atoms with Crippen LogP contribution in [0.1, 0.15) is 43.7 Å². The summed E-state index contributed by atoms with van der Waals surface area (Å²) in [6, 6.07) is 13.3. The van der Waals surface area contributed by atoms with Crippen LogP contribution in [0.2, 0.25) is 0 Å². The molecule has 0 amide bonds. The second kappa shape index (κ2) is 4.69. The molecule has 0 aliphatic carbocycles. The smallest absolute Gasteiger partial charge is 0.0146 e. The first kappa shape index (κ1) is 11.2. The van der Waals surface area contributed by atoms with Crippen molar-refractivity contribution in [3.63, 3.8) is 0 Å². The van der Waals surface area contributed by atoms with Crippen LogP contribution in [0.15, 0.2) is 36.4 Å². The van der Waals surface area contributed by atoms with Crippen LogP contribution in [-0.4, -0.2) is 0 Å². The fourth-order valence-electron chi connectivity index (χ4n) is 2.56. The molecule has 0 atom stereocenters. The Kier molecular flexibility index (Phi) is 3.28. The van der Waals surface area contributed by atoms with Crippen molar-refractivity contribution in [2.24, 2.45) is 0 Å². The van der Waals surface area contributed by atoms with Crippen molar-refractivity contribution < 1.29 is 0 Å². The van der Waals surface area contributed by atoms with Gasteiger partial charge in [0.1, 0.15) is 0 Å². The summed E-state index contributed by atoms with van der Waals surface area (Å²) in [6.07, 6.45) is 2.45. The lowest BCUT2D eigenvalue weighted by Gasteiger charge is -2.16. The average Bonchev–Trinajstić information content (AvgIpc) is 2.34. The number of hydrogen-bond acceptors (Lipinski definition) is 0. The van der Waals surface area contributed by atoms with Gasteiger partial charge in [-0.25, -0.2) is 0 Å². The van der Waals surface area contributed by atoms with E-state index in [9.17, 15) is 0 Å². The molecule has 2 aromatic rings. The number of hydrogen-bond donors (Lipinski definition) is 0. The van der Waals surface area contributed by atoms with E-state index in [1.165, 1.54) is 34.7 Å². The Labute approximate surface area is 98.3 Å². The maximum atomic E-state index is 2.31. The molecular weight excluding hydrogens is 192 g/mol. The van der Waals surface area contributed by atoms with E-state index in [1.54, 1.807) is 0 Å². The summed E-state index contributed by atoms with van der Waals surface area (Å²) in [6.45, 7) is 6.75. The molecule has 0 fully saturated rings. The van der Waals surface area contributed by atoms with Gasteiger partial charge < -0.3 is 0 Å². The van der Waals surface area contributed by atoms with Gasteiger partial charge in [-0.1, -0.05) is 50.2 Å². The molecule has 0 spiro atoms. The summed E-state index contributed by atoms with van der Waals surface area (Å²) < 4.78 is 0. The molecule has 0 heteroatoms. The predicted molar refractivity (Wildman–Crippen MR) is 72.0 cm³/mol. The minimum Gasteiger partial charge on any atom is -0.0648 e. The Bertz CT molecular complexity index is 478. The van der Waals surface area contributed by atoms with Crippen molar-refractivity contribution >= 4 is 10.8 Å². The first-order valence-electron chi connectivity index (χ1n) is 6.26. The van der Waals surface area contributed by atoms with Crippen LogP contribution in [0.4, 0.5) is 0 Å². The quantitative estimate of drug-likeness (QED) is 0.667. The van der Waals surface area contributed by atoms with E-state index in [1.807, 2.05) is 0 Å². The Morgan fingerprint density at radius 1 is 0.875 bits per heavy atom. The second-order valence-electron chi connectivity index (χ2n) is 4.53. The maximum absolute atomic E-state index is 2.31. The summed E-state index contributed by atoms with van der Waals surface area (Å²) in [5.74, 6) is 0.700. The largest absolute Gasteiger partial charge is 0.0648 e. The summed E-state index contributed by atoms with van der Waals surface area (Å²) in [7, 11) is 0. The van der Waals surface area contributed by atoms with Crippen LogP contribution >= 0.6 is 0 Å². The first-order valence-corrected chi connectivity index (χ1v) is 6.26. The fraction of sp³-hybridized carbons (Fsp3) is 0.375. The maximum Gasteiger partial charge on any atom is -0.0146 e. The zero-order valence-electron chi connectivity index (χ0n) is 10.5. The monoisotopic (exact) mass is 212 g/mol. The summed E-state index contributed by atoms with van der Waals surface area (Å²) in [5, 5.41) is 2.85. The highest BCUT2D eigenvalue weighted by molar-refractivity contribution is 5.88.